The van der Waals surface area contributed by atoms with E-state index >= 15 is 0 Å². The molecular formula is C28H31Cl2N3O5S. The van der Waals surface area contributed by atoms with Crippen molar-refractivity contribution in [2.45, 2.75) is 37.8 Å². The molecule has 0 saturated heterocycles. The van der Waals surface area contributed by atoms with Gasteiger partial charge in [-0.1, -0.05) is 54.4 Å². The largest absolute Gasteiger partial charge is 0.497 e. The molecule has 0 aliphatic rings. The molecule has 0 aliphatic heterocycles. The van der Waals surface area contributed by atoms with E-state index in [1.165, 1.54) is 36.3 Å². The molecule has 0 radical (unpaired) electrons. The molecule has 1 atom stereocenters. The van der Waals surface area contributed by atoms with Crippen LogP contribution in [0.5, 0.6) is 5.75 Å². The molecule has 0 bridgehead atoms. The highest BCUT2D eigenvalue weighted by atomic mass is 35.5. The minimum atomic E-state index is -4.18. The molecule has 1 N–H and O–H groups in total. The van der Waals surface area contributed by atoms with E-state index in [-0.39, 0.29) is 17.3 Å². The molecule has 3 aromatic rings. The SMILES string of the molecule is CCCNC(=O)C(C)N(Cc1c(Cl)cccc1Cl)C(=O)CN(c1ccccc1)S(=O)(=O)c1ccc(OC)cc1. The molecule has 3 rings (SSSR count). The van der Waals surface area contributed by atoms with E-state index in [1.807, 2.05) is 6.92 Å². The average Bonchev–Trinajstić information content (AvgIpc) is 2.94. The monoisotopic (exact) mass is 591 g/mol. The summed E-state index contributed by atoms with van der Waals surface area (Å²) in [5.74, 6) is -0.491. The van der Waals surface area contributed by atoms with Crippen molar-refractivity contribution >= 4 is 50.7 Å². The lowest BCUT2D eigenvalue weighted by Gasteiger charge is -2.32. The molecule has 1 unspecified atom stereocenters. The number of amides is 2. The third-order valence-electron chi connectivity index (χ3n) is 6.08. The lowest BCUT2D eigenvalue weighted by atomic mass is 10.1. The van der Waals surface area contributed by atoms with Gasteiger partial charge < -0.3 is 15.0 Å². The molecule has 11 heteroatoms. The number of carbonyl (C=O) groups is 2. The van der Waals surface area contributed by atoms with Crippen LogP contribution in [0, 0.1) is 0 Å². The van der Waals surface area contributed by atoms with Crippen LogP contribution in [0.1, 0.15) is 25.8 Å². The van der Waals surface area contributed by atoms with Crippen LogP contribution in [0.25, 0.3) is 0 Å². The number of anilines is 1. The fourth-order valence-electron chi connectivity index (χ4n) is 3.83. The number of sulfonamides is 1. The predicted octanol–water partition coefficient (Wildman–Crippen LogP) is 5.14. The number of nitrogens with one attached hydrogen (secondary N) is 1. The first-order valence-electron chi connectivity index (χ1n) is 12.3. The number of halogens is 2. The molecule has 0 aliphatic carbocycles. The third-order valence-corrected chi connectivity index (χ3v) is 8.57. The lowest BCUT2D eigenvalue weighted by molar-refractivity contribution is -0.139. The van der Waals surface area contributed by atoms with E-state index in [1.54, 1.807) is 55.5 Å². The standard InChI is InChI=1S/C28H31Cl2N3O5S/c1-4-17-31-28(35)20(2)32(18-24-25(29)11-8-12-26(24)30)27(34)19-33(21-9-6-5-7-10-21)39(36,37)23-15-13-22(38-3)14-16-23/h5-16,20H,4,17-19H2,1-3H3,(H,31,35). The number of hydrogen-bond acceptors (Lipinski definition) is 5. The maximum absolute atomic E-state index is 13.9. The van der Waals surface area contributed by atoms with Crippen molar-refractivity contribution in [2.24, 2.45) is 0 Å². The number of rotatable bonds is 12. The molecule has 0 fully saturated rings. The molecular weight excluding hydrogens is 561 g/mol. The summed E-state index contributed by atoms with van der Waals surface area (Å²) in [5, 5.41) is 3.44. The normalized spacial score (nSPS) is 11.9. The van der Waals surface area contributed by atoms with E-state index < -0.39 is 28.5 Å². The summed E-state index contributed by atoms with van der Waals surface area (Å²) in [5.41, 5.74) is 0.745. The molecule has 8 nitrogen and oxygen atoms in total. The highest BCUT2D eigenvalue weighted by molar-refractivity contribution is 7.92. The van der Waals surface area contributed by atoms with Gasteiger partial charge in [-0.3, -0.25) is 13.9 Å². The Labute approximate surface area is 239 Å². The number of para-hydroxylation sites is 1. The average molecular weight is 593 g/mol. The first kappa shape index (κ1) is 30.3. The summed E-state index contributed by atoms with van der Waals surface area (Å²) < 4.78 is 33.8. The Hall–Kier alpha value is -3.27. The topological polar surface area (TPSA) is 96.0 Å². The number of carbonyl (C=O) groups excluding carboxylic acids is 2. The quantitative estimate of drug-likeness (QED) is 0.314. The van der Waals surface area contributed by atoms with Crippen molar-refractivity contribution in [3.8, 4) is 5.75 Å². The fourth-order valence-corrected chi connectivity index (χ4v) is 5.76. The van der Waals surface area contributed by atoms with Gasteiger partial charge in [-0.15, -0.1) is 0 Å². The van der Waals surface area contributed by atoms with Crippen molar-refractivity contribution in [3.63, 3.8) is 0 Å². The molecule has 2 amide bonds. The fraction of sp³-hybridized carbons (Fsp3) is 0.286. The Bertz CT molecular complexity index is 1370. The maximum atomic E-state index is 13.9. The Morgan fingerprint density at radius 3 is 2.13 bits per heavy atom. The minimum absolute atomic E-state index is 0.0191. The van der Waals surface area contributed by atoms with Gasteiger partial charge in [-0.2, -0.15) is 0 Å². The van der Waals surface area contributed by atoms with Crippen LogP contribution in [-0.2, 0) is 26.2 Å². The van der Waals surface area contributed by atoms with E-state index in [0.717, 1.165) is 4.31 Å². The summed E-state index contributed by atoms with van der Waals surface area (Å²) in [6.45, 7) is 3.27. The van der Waals surface area contributed by atoms with Gasteiger partial charge in [0.25, 0.3) is 10.0 Å². The van der Waals surface area contributed by atoms with Gasteiger partial charge in [0.15, 0.2) is 0 Å². The van der Waals surface area contributed by atoms with Crippen LogP contribution in [0.4, 0.5) is 5.69 Å². The lowest BCUT2D eigenvalue weighted by Crippen LogP contribution is -2.51. The summed E-state index contributed by atoms with van der Waals surface area (Å²) in [7, 11) is -2.70. The van der Waals surface area contributed by atoms with E-state index in [2.05, 4.69) is 5.32 Å². The Kier molecular flexibility index (Phi) is 10.6. The van der Waals surface area contributed by atoms with Gasteiger partial charge >= 0.3 is 0 Å². The van der Waals surface area contributed by atoms with Crippen molar-refractivity contribution in [1.29, 1.82) is 0 Å². The van der Waals surface area contributed by atoms with Gasteiger partial charge in [-0.05, 0) is 61.9 Å². The van der Waals surface area contributed by atoms with Crippen molar-refractivity contribution in [2.75, 3.05) is 24.5 Å². The number of benzene rings is 3. The second kappa shape index (κ2) is 13.7. The smallest absolute Gasteiger partial charge is 0.264 e. The van der Waals surface area contributed by atoms with Crippen LogP contribution in [0.2, 0.25) is 10.0 Å². The summed E-state index contributed by atoms with van der Waals surface area (Å²) >= 11 is 12.8. The second-order valence-electron chi connectivity index (χ2n) is 8.71. The van der Waals surface area contributed by atoms with Crippen LogP contribution in [-0.4, -0.2) is 51.4 Å². The molecule has 3 aromatic carbocycles. The highest BCUT2D eigenvalue weighted by Crippen LogP contribution is 2.28. The van der Waals surface area contributed by atoms with E-state index in [0.29, 0.717) is 40.0 Å². The number of hydrogen-bond donors (Lipinski definition) is 1. The summed E-state index contributed by atoms with van der Waals surface area (Å²) in [6.07, 6.45) is 0.713. The highest BCUT2D eigenvalue weighted by Gasteiger charge is 2.33. The first-order valence-corrected chi connectivity index (χ1v) is 14.5. The molecule has 0 saturated carbocycles. The Morgan fingerprint density at radius 1 is 0.949 bits per heavy atom. The van der Waals surface area contributed by atoms with E-state index in [4.69, 9.17) is 27.9 Å². The summed E-state index contributed by atoms with van der Waals surface area (Å²) in [6, 6.07) is 18.2. The molecule has 0 heterocycles. The van der Waals surface area contributed by atoms with Crippen LogP contribution >= 0.6 is 23.2 Å². The zero-order valence-electron chi connectivity index (χ0n) is 21.9. The number of methoxy groups -OCH3 is 1. The third kappa shape index (κ3) is 7.44. The van der Waals surface area contributed by atoms with Gasteiger partial charge in [-0.25, -0.2) is 8.42 Å². The second-order valence-corrected chi connectivity index (χ2v) is 11.4. The first-order chi connectivity index (χ1) is 18.6. The van der Waals surface area contributed by atoms with Crippen LogP contribution < -0.4 is 14.4 Å². The van der Waals surface area contributed by atoms with E-state index in [9.17, 15) is 18.0 Å². The van der Waals surface area contributed by atoms with Gasteiger partial charge in [0.05, 0.1) is 17.7 Å². The van der Waals surface area contributed by atoms with Crippen molar-refractivity contribution in [1.82, 2.24) is 10.2 Å². The number of ether oxygens (including phenoxy) is 1. The van der Waals surface area contributed by atoms with Crippen molar-refractivity contribution < 1.29 is 22.7 Å². The Balaban J connectivity index is 2.03. The van der Waals surface area contributed by atoms with Crippen molar-refractivity contribution in [3.05, 3.63) is 88.4 Å². The van der Waals surface area contributed by atoms with Crippen LogP contribution in [0.15, 0.2) is 77.7 Å². The molecule has 208 valence electrons. The summed E-state index contributed by atoms with van der Waals surface area (Å²) in [4.78, 5) is 28.1. The predicted molar refractivity (Wildman–Crippen MR) is 154 cm³/mol. The van der Waals surface area contributed by atoms with Crippen LogP contribution in [0.3, 0.4) is 0 Å². The molecule has 0 spiro atoms. The Morgan fingerprint density at radius 2 is 1.56 bits per heavy atom. The van der Waals surface area contributed by atoms with Gasteiger partial charge in [0.1, 0.15) is 18.3 Å². The van der Waals surface area contributed by atoms with Gasteiger partial charge in [0.2, 0.25) is 11.8 Å². The molecule has 0 aromatic heterocycles. The molecule has 39 heavy (non-hydrogen) atoms. The number of nitrogens with zero attached hydrogens (tertiary/aromatic N) is 2. The zero-order valence-corrected chi connectivity index (χ0v) is 24.3. The maximum Gasteiger partial charge on any atom is 0.264 e. The minimum Gasteiger partial charge on any atom is -0.497 e. The zero-order chi connectivity index (χ0) is 28.6. The van der Waals surface area contributed by atoms with Gasteiger partial charge in [0, 0.05) is 28.7 Å².